The van der Waals surface area contributed by atoms with Gasteiger partial charge in [0.2, 0.25) is 0 Å². The Balaban J connectivity index is 2.02. The predicted molar refractivity (Wildman–Crippen MR) is 90.5 cm³/mol. The summed E-state index contributed by atoms with van der Waals surface area (Å²) >= 11 is 4.28. The number of hydrogen-bond donors (Lipinski definition) is 1. The highest BCUT2D eigenvalue weighted by molar-refractivity contribution is 8.06. The third-order valence-corrected chi connectivity index (χ3v) is 6.57. The van der Waals surface area contributed by atoms with E-state index in [-0.39, 0.29) is 0 Å². The van der Waals surface area contributed by atoms with Crippen molar-refractivity contribution in [3.63, 3.8) is 0 Å². The monoisotopic (exact) mass is 295 g/mol. The molecule has 1 aromatic rings. The van der Waals surface area contributed by atoms with Crippen LogP contribution in [0.25, 0.3) is 0 Å². The number of nitrogens with one attached hydrogen (secondary N) is 1. The Morgan fingerprint density at radius 1 is 1.32 bits per heavy atom. The molecule has 2 rings (SSSR count). The molecule has 0 aromatic heterocycles. The molecule has 106 valence electrons. The quantitative estimate of drug-likeness (QED) is 0.858. The van der Waals surface area contributed by atoms with Gasteiger partial charge in [0.15, 0.2) is 0 Å². The predicted octanol–water partition coefficient (Wildman–Crippen LogP) is 3.75. The Hall–Kier alpha value is -0.120. The molecule has 0 bridgehead atoms. The molecule has 1 N–H and O–H groups in total. The van der Waals surface area contributed by atoms with Crippen molar-refractivity contribution in [2.75, 3.05) is 23.8 Å². The Labute approximate surface area is 126 Å². The molecule has 1 nitrogen and oxygen atoms in total. The summed E-state index contributed by atoms with van der Waals surface area (Å²) in [5.41, 5.74) is 2.94. The van der Waals surface area contributed by atoms with Gasteiger partial charge in [-0.05, 0) is 37.4 Å². The Bertz CT molecular complexity index is 375. The van der Waals surface area contributed by atoms with E-state index < -0.39 is 0 Å². The van der Waals surface area contributed by atoms with Crippen molar-refractivity contribution >= 4 is 23.5 Å². The van der Waals surface area contributed by atoms with Crippen LogP contribution in [-0.4, -0.2) is 35.1 Å². The fourth-order valence-electron chi connectivity index (χ4n) is 2.48. The van der Waals surface area contributed by atoms with E-state index in [1.165, 1.54) is 41.2 Å². The van der Waals surface area contributed by atoms with Gasteiger partial charge >= 0.3 is 0 Å². The molecule has 2 atom stereocenters. The summed E-state index contributed by atoms with van der Waals surface area (Å²) in [4.78, 5) is 0. The molecular formula is C16H25NS2. The average Bonchev–Trinajstić information content (AvgIpc) is 2.46. The lowest BCUT2D eigenvalue weighted by atomic mass is 9.99. The van der Waals surface area contributed by atoms with Crippen molar-refractivity contribution in [3.05, 3.63) is 35.4 Å². The molecule has 3 heteroatoms. The minimum atomic E-state index is 0.624. The number of aryl methyl sites for hydroxylation is 1. The van der Waals surface area contributed by atoms with Crippen molar-refractivity contribution in [2.24, 2.45) is 0 Å². The fourth-order valence-corrected chi connectivity index (χ4v) is 5.37. The summed E-state index contributed by atoms with van der Waals surface area (Å²) in [7, 11) is 0. The maximum atomic E-state index is 3.78. The lowest BCUT2D eigenvalue weighted by Crippen LogP contribution is -2.43. The molecule has 1 saturated heterocycles. The molecule has 1 fully saturated rings. The zero-order chi connectivity index (χ0) is 13.5. The third kappa shape index (κ3) is 4.73. The smallest absolute Gasteiger partial charge is 0.0295 e. The zero-order valence-corrected chi connectivity index (χ0v) is 13.7. The lowest BCUT2D eigenvalue weighted by molar-refractivity contribution is 0.505. The van der Waals surface area contributed by atoms with Gasteiger partial charge in [0.05, 0.1) is 0 Å². The van der Waals surface area contributed by atoms with Crippen molar-refractivity contribution in [1.82, 2.24) is 5.32 Å². The molecule has 1 aromatic carbocycles. The van der Waals surface area contributed by atoms with E-state index in [4.69, 9.17) is 0 Å². The van der Waals surface area contributed by atoms with Gasteiger partial charge in [-0.1, -0.05) is 31.2 Å². The van der Waals surface area contributed by atoms with Crippen LogP contribution in [0.15, 0.2) is 24.3 Å². The number of rotatable bonds is 6. The summed E-state index contributed by atoms with van der Waals surface area (Å²) < 4.78 is 0. The summed E-state index contributed by atoms with van der Waals surface area (Å²) in [5, 5.41) is 4.55. The number of hydrogen-bond acceptors (Lipinski definition) is 3. The first-order valence-electron chi connectivity index (χ1n) is 7.28. The second-order valence-corrected chi connectivity index (χ2v) is 7.67. The van der Waals surface area contributed by atoms with E-state index in [9.17, 15) is 0 Å². The summed E-state index contributed by atoms with van der Waals surface area (Å²) in [5.74, 6) is 3.94. The Morgan fingerprint density at radius 2 is 2.16 bits per heavy atom. The van der Waals surface area contributed by atoms with Crippen LogP contribution < -0.4 is 5.32 Å². The maximum Gasteiger partial charge on any atom is 0.0295 e. The van der Waals surface area contributed by atoms with Crippen LogP contribution in [0, 0.1) is 6.92 Å². The summed E-state index contributed by atoms with van der Waals surface area (Å²) in [6, 6.07) is 9.45. The van der Waals surface area contributed by atoms with Gasteiger partial charge in [-0.25, -0.2) is 0 Å². The van der Waals surface area contributed by atoms with E-state index in [0.29, 0.717) is 6.04 Å². The van der Waals surface area contributed by atoms with Gasteiger partial charge in [0, 0.05) is 28.6 Å². The van der Waals surface area contributed by atoms with Crippen molar-refractivity contribution in [1.29, 1.82) is 0 Å². The molecule has 0 radical (unpaired) electrons. The van der Waals surface area contributed by atoms with Crippen LogP contribution in [-0.2, 0) is 6.42 Å². The molecule has 0 aliphatic carbocycles. The average molecular weight is 296 g/mol. The third-order valence-electron chi connectivity index (χ3n) is 3.65. The van der Waals surface area contributed by atoms with Crippen molar-refractivity contribution < 1.29 is 0 Å². The highest BCUT2D eigenvalue weighted by atomic mass is 32.2. The minimum absolute atomic E-state index is 0.624. The number of thioether (sulfide) groups is 2. The van der Waals surface area contributed by atoms with Gasteiger partial charge in [0.25, 0.3) is 0 Å². The number of benzene rings is 1. The first-order chi connectivity index (χ1) is 9.31. The zero-order valence-electron chi connectivity index (χ0n) is 12.0. The second-order valence-electron chi connectivity index (χ2n) is 5.18. The summed E-state index contributed by atoms with van der Waals surface area (Å²) in [6.45, 7) is 5.62. The fraction of sp³-hybridized carbons (Fsp3) is 0.625. The van der Waals surface area contributed by atoms with E-state index in [0.717, 1.165) is 11.8 Å². The van der Waals surface area contributed by atoms with E-state index >= 15 is 0 Å². The minimum Gasteiger partial charge on any atom is -0.313 e. The van der Waals surface area contributed by atoms with Crippen LogP contribution in [0.3, 0.4) is 0 Å². The van der Waals surface area contributed by atoms with Gasteiger partial charge in [-0.15, -0.1) is 0 Å². The maximum absolute atomic E-state index is 3.78. The standard InChI is InChI=1S/C16H25NS2/c1-3-8-17-15(16-12-18-9-10-19-16)11-14-7-5-4-6-13(14)2/h4-7,15-17H,3,8-12H2,1-2H3. The Kier molecular flexibility index (Phi) is 6.62. The molecule has 1 aliphatic rings. The molecule has 0 amide bonds. The highest BCUT2D eigenvalue weighted by Gasteiger charge is 2.24. The second kappa shape index (κ2) is 8.23. The molecule has 1 heterocycles. The van der Waals surface area contributed by atoms with Gasteiger partial charge in [-0.2, -0.15) is 23.5 Å². The molecule has 19 heavy (non-hydrogen) atoms. The molecule has 2 unspecified atom stereocenters. The highest BCUT2D eigenvalue weighted by Crippen LogP contribution is 2.28. The molecular weight excluding hydrogens is 270 g/mol. The lowest BCUT2D eigenvalue weighted by Gasteiger charge is -2.31. The first kappa shape index (κ1) is 15.3. The van der Waals surface area contributed by atoms with Crippen LogP contribution >= 0.6 is 23.5 Å². The van der Waals surface area contributed by atoms with Gasteiger partial charge in [0.1, 0.15) is 0 Å². The first-order valence-corrected chi connectivity index (χ1v) is 9.49. The van der Waals surface area contributed by atoms with E-state index in [2.05, 4.69) is 67.0 Å². The van der Waals surface area contributed by atoms with Gasteiger partial charge in [-0.3, -0.25) is 0 Å². The van der Waals surface area contributed by atoms with Crippen LogP contribution in [0.4, 0.5) is 0 Å². The topological polar surface area (TPSA) is 12.0 Å². The van der Waals surface area contributed by atoms with Crippen molar-refractivity contribution in [2.45, 2.75) is 38.0 Å². The van der Waals surface area contributed by atoms with Crippen LogP contribution in [0.2, 0.25) is 0 Å². The Morgan fingerprint density at radius 3 is 2.84 bits per heavy atom. The van der Waals surface area contributed by atoms with Crippen LogP contribution in [0.5, 0.6) is 0 Å². The van der Waals surface area contributed by atoms with Crippen LogP contribution in [0.1, 0.15) is 24.5 Å². The molecule has 1 aliphatic heterocycles. The van der Waals surface area contributed by atoms with E-state index in [1.807, 2.05) is 0 Å². The normalized spacial score (nSPS) is 21.3. The summed E-state index contributed by atoms with van der Waals surface area (Å²) in [6.07, 6.45) is 2.39. The van der Waals surface area contributed by atoms with Gasteiger partial charge < -0.3 is 5.32 Å². The van der Waals surface area contributed by atoms with E-state index in [1.54, 1.807) is 0 Å². The molecule has 0 spiro atoms. The largest absolute Gasteiger partial charge is 0.313 e. The van der Waals surface area contributed by atoms with Crippen molar-refractivity contribution in [3.8, 4) is 0 Å². The SMILES string of the molecule is CCCNC(Cc1ccccc1C)C1CSCCS1. The molecule has 0 saturated carbocycles.